The molecular weight excluding hydrogens is 140 g/mol. The van der Waals surface area contributed by atoms with Crippen LogP contribution in [0, 0.1) is 5.92 Å². The quantitative estimate of drug-likeness (QED) is 0.620. The van der Waals surface area contributed by atoms with Crippen LogP contribution in [0.4, 0.5) is 0 Å². The summed E-state index contributed by atoms with van der Waals surface area (Å²) in [6, 6.07) is 0.260. The van der Waals surface area contributed by atoms with Crippen molar-refractivity contribution in [1.29, 1.82) is 0 Å². The van der Waals surface area contributed by atoms with Crippen molar-refractivity contribution in [3.05, 3.63) is 0 Å². The van der Waals surface area contributed by atoms with Gasteiger partial charge in [-0.15, -0.1) is 0 Å². The molecule has 0 aromatic rings. The highest BCUT2D eigenvalue weighted by Crippen LogP contribution is 1.98. The molecule has 0 fully saturated rings. The molecule has 1 amide bonds. The van der Waals surface area contributed by atoms with Crippen LogP contribution >= 0.6 is 0 Å². The van der Waals surface area contributed by atoms with Crippen molar-refractivity contribution < 1.29 is 4.79 Å². The third-order valence-electron chi connectivity index (χ3n) is 1.73. The van der Waals surface area contributed by atoms with Gasteiger partial charge in [0.1, 0.15) is 0 Å². The van der Waals surface area contributed by atoms with Crippen LogP contribution in [0.5, 0.6) is 0 Å². The molecule has 0 saturated heterocycles. The van der Waals surface area contributed by atoms with Gasteiger partial charge in [-0.05, 0) is 19.9 Å². The normalized spacial score (nSPS) is 13.2. The average Bonchev–Trinajstić information content (AvgIpc) is 1.87. The Balaban J connectivity index is 3.57. The maximum atomic E-state index is 11.0. The van der Waals surface area contributed by atoms with Gasteiger partial charge < -0.3 is 10.6 Å². The van der Waals surface area contributed by atoms with Crippen molar-refractivity contribution in [2.24, 2.45) is 5.92 Å². The summed E-state index contributed by atoms with van der Waals surface area (Å²) in [4.78, 5) is 11.0. The molecular formula is C8H18N2O. The van der Waals surface area contributed by atoms with E-state index in [4.69, 9.17) is 0 Å². The molecule has 0 aromatic carbocycles. The van der Waals surface area contributed by atoms with Gasteiger partial charge in [-0.2, -0.15) is 0 Å². The lowest BCUT2D eigenvalue weighted by Gasteiger charge is -2.16. The molecule has 0 bridgehead atoms. The molecule has 0 spiro atoms. The van der Waals surface area contributed by atoms with Crippen LogP contribution in [0.25, 0.3) is 0 Å². The number of hydrogen-bond donors (Lipinski definition) is 2. The van der Waals surface area contributed by atoms with Crippen LogP contribution in [-0.4, -0.2) is 25.5 Å². The monoisotopic (exact) mass is 158 g/mol. The second-order valence-corrected chi connectivity index (χ2v) is 3.13. The predicted octanol–water partition coefficient (Wildman–Crippen LogP) is 0.366. The maximum Gasteiger partial charge on any atom is 0.234 e. The fraction of sp³-hybridized carbons (Fsp3) is 0.875. The first-order chi connectivity index (χ1) is 5.07. The molecule has 3 nitrogen and oxygen atoms in total. The molecule has 0 saturated carbocycles. The van der Waals surface area contributed by atoms with E-state index in [0.717, 1.165) is 0 Å². The Labute approximate surface area is 68.6 Å². The van der Waals surface area contributed by atoms with Gasteiger partial charge in [-0.25, -0.2) is 0 Å². The molecule has 0 aromatic heterocycles. The molecule has 0 radical (unpaired) electrons. The summed E-state index contributed by atoms with van der Waals surface area (Å²) in [6.45, 7) is 6.59. The number of likely N-dealkylation sites (N-methyl/N-ethyl adjacent to an activating group) is 1. The van der Waals surface area contributed by atoms with E-state index in [1.54, 1.807) is 7.05 Å². The SMILES string of the molecule is CNCC(=O)NC(C)C(C)C. The first-order valence-electron chi connectivity index (χ1n) is 4.02. The van der Waals surface area contributed by atoms with Crippen molar-refractivity contribution in [1.82, 2.24) is 10.6 Å². The molecule has 0 aliphatic carbocycles. The lowest BCUT2D eigenvalue weighted by Crippen LogP contribution is -2.40. The third kappa shape index (κ3) is 4.79. The van der Waals surface area contributed by atoms with Crippen molar-refractivity contribution in [2.45, 2.75) is 26.8 Å². The van der Waals surface area contributed by atoms with Gasteiger partial charge in [0.15, 0.2) is 0 Å². The Morgan fingerprint density at radius 2 is 1.91 bits per heavy atom. The number of hydrogen-bond acceptors (Lipinski definition) is 2. The molecule has 1 atom stereocenters. The van der Waals surface area contributed by atoms with E-state index in [2.05, 4.69) is 24.5 Å². The van der Waals surface area contributed by atoms with Crippen LogP contribution < -0.4 is 10.6 Å². The van der Waals surface area contributed by atoms with Crippen LogP contribution in [0.2, 0.25) is 0 Å². The van der Waals surface area contributed by atoms with Gasteiger partial charge in [-0.3, -0.25) is 4.79 Å². The van der Waals surface area contributed by atoms with E-state index in [0.29, 0.717) is 12.5 Å². The van der Waals surface area contributed by atoms with Gasteiger partial charge in [0.05, 0.1) is 6.54 Å². The van der Waals surface area contributed by atoms with Crippen LogP contribution in [0.1, 0.15) is 20.8 Å². The lowest BCUT2D eigenvalue weighted by atomic mass is 10.1. The van der Waals surface area contributed by atoms with Gasteiger partial charge in [-0.1, -0.05) is 13.8 Å². The van der Waals surface area contributed by atoms with E-state index in [-0.39, 0.29) is 11.9 Å². The van der Waals surface area contributed by atoms with E-state index in [1.165, 1.54) is 0 Å². The molecule has 11 heavy (non-hydrogen) atoms. The van der Waals surface area contributed by atoms with Crippen LogP contribution in [0.15, 0.2) is 0 Å². The Bertz CT molecular complexity index is 123. The Morgan fingerprint density at radius 1 is 1.36 bits per heavy atom. The highest BCUT2D eigenvalue weighted by Gasteiger charge is 2.08. The molecule has 0 aliphatic rings. The van der Waals surface area contributed by atoms with E-state index in [1.807, 2.05) is 6.92 Å². The third-order valence-corrected chi connectivity index (χ3v) is 1.73. The summed E-state index contributed by atoms with van der Waals surface area (Å²) in [5.41, 5.74) is 0. The highest BCUT2D eigenvalue weighted by molar-refractivity contribution is 5.78. The molecule has 2 N–H and O–H groups in total. The second kappa shape index (κ2) is 5.13. The maximum absolute atomic E-state index is 11.0. The molecule has 0 heterocycles. The summed E-state index contributed by atoms with van der Waals surface area (Å²) in [6.07, 6.45) is 0. The molecule has 66 valence electrons. The zero-order valence-electron chi connectivity index (χ0n) is 7.77. The van der Waals surface area contributed by atoms with Gasteiger partial charge in [0.25, 0.3) is 0 Å². The minimum atomic E-state index is 0.0636. The first kappa shape index (κ1) is 10.4. The first-order valence-corrected chi connectivity index (χ1v) is 4.02. The van der Waals surface area contributed by atoms with E-state index >= 15 is 0 Å². The van der Waals surface area contributed by atoms with Gasteiger partial charge in [0, 0.05) is 6.04 Å². The number of nitrogens with one attached hydrogen (secondary N) is 2. The van der Waals surface area contributed by atoms with Crippen molar-refractivity contribution in [3.63, 3.8) is 0 Å². The zero-order valence-corrected chi connectivity index (χ0v) is 7.77. The minimum absolute atomic E-state index is 0.0636. The van der Waals surface area contributed by atoms with Crippen LogP contribution in [-0.2, 0) is 4.79 Å². The Kier molecular flexibility index (Phi) is 4.86. The molecule has 1 unspecified atom stereocenters. The average molecular weight is 158 g/mol. The summed E-state index contributed by atoms with van der Waals surface area (Å²) in [5, 5.41) is 5.68. The summed E-state index contributed by atoms with van der Waals surface area (Å²) < 4.78 is 0. The Hall–Kier alpha value is -0.570. The fourth-order valence-electron chi connectivity index (χ4n) is 0.632. The van der Waals surface area contributed by atoms with E-state index < -0.39 is 0 Å². The van der Waals surface area contributed by atoms with Crippen molar-refractivity contribution in [2.75, 3.05) is 13.6 Å². The van der Waals surface area contributed by atoms with Gasteiger partial charge >= 0.3 is 0 Å². The largest absolute Gasteiger partial charge is 0.352 e. The second-order valence-electron chi connectivity index (χ2n) is 3.13. The van der Waals surface area contributed by atoms with E-state index in [9.17, 15) is 4.79 Å². The number of carbonyl (C=O) groups excluding carboxylic acids is 1. The van der Waals surface area contributed by atoms with Gasteiger partial charge in [0.2, 0.25) is 5.91 Å². The number of carbonyl (C=O) groups is 1. The highest BCUT2D eigenvalue weighted by atomic mass is 16.1. The zero-order chi connectivity index (χ0) is 8.85. The minimum Gasteiger partial charge on any atom is -0.352 e. The predicted molar refractivity (Wildman–Crippen MR) is 46.4 cm³/mol. The van der Waals surface area contributed by atoms with Crippen molar-refractivity contribution in [3.8, 4) is 0 Å². The molecule has 0 rings (SSSR count). The standard InChI is InChI=1S/C8H18N2O/c1-6(2)7(3)10-8(11)5-9-4/h6-7,9H,5H2,1-4H3,(H,10,11). The number of amides is 1. The lowest BCUT2D eigenvalue weighted by molar-refractivity contribution is -0.121. The fourth-order valence-corrected chi connectivity index (χ4v) is 0.632. The molecule has 0 aliphatic heterocycles. The summed E-state index contributed by atoms with van der Waals surface area (Å²) in [5.74, 6) is 0.560. The van der Waals surface area contributed by atoms with Crippen LogP contribution in [0.3, 0.4) is 0 Å². The Morgan fingerprint density at radius 3 is 2.27 bits per heavy atom. The summed E-state index contributed by atoms with van der Waals surface area (Å²) >= 11 is 0. The molecule has 3 heteroatoms. The summed E-state index contributed by atoms with van der Waals surface area (Å²) in [7, 11) is 1.76. The topological polar surface area (TPSA) is 41.1 Å². The smallest absolute Gasteiger partial charge is 0.234 e. The number of rotatable bonds is 4. The van der Waals surface area contributed by atoms with Crippen molar-refractivity contribution >= 4 is 5.91 Å².